The summed E-state index contributed by atoms with van der Waals surface area (Å²) >= 11 is 5.71. The second-order valence-corrected chi connectivity index (χ2v) is 5.49. The van der Waals surface area contributed by atoms with Crippen LogP contribution in [0.15, 0.2) is 16.5 Å². The molecule has 0 amide bonds. The van der Waals surface area contributed by atoms with E-state index in [1.165, 1.54) is 0 Å². The molecule has 0 radical (unpaired) electrons. The van der Waals surface area contributed by atoms with Gasteiger partial charge >= 0.3 is 0 Å². The largest absolute Gasteiger partial charge is 0.448 e. The third kappa shape index (κ3) is 5.54. The Morgan fingerprint density at radius 1 is 1.38 bits per heavy atom. The monoisotopic (exact) mass is 244 g/mol. The van der Waals surface area contributed by atoms with Crippen LogP contribution in [-0.4, -0.2) is 30.6 Å². The van der Waals surface area contributed by atoms with Crippen molar-refractivity contribution in [2.75, 3.05) is 20.1 Å². The minimum Gasteiger partial charge on any atom is -0.448 e. The van der Waals surface area contributed by atoms with Crippen molar-refractivity contribution >= 4 is 11.6 Å². The summed E-state index contributed by atoms with van der Waals surface area (Å²) in [6.07, 6.45) is 0. The summed E-state index contributed by atoms with van der Waals surface area (Å²) in [6, 6.07) is 3.69. The van der Waals surface area contributed by atoms with Crippen molar-refractivity contribution in [1.29, 1.82) is 0 Å². The Hall–Kier alpha value is -0.510. The van der Waals surface area contributed by atoms with Crippen molar-refractivity contribution < 1.29 is 4.42 Å². The van der Waals surface area contributed by atoms with E-state index in [4.69, 9.17) is 16.0 Å². The molecule has 0 spiro atoms. The number of rotatable bonds is 5. The van der Waals surface area contributed by atoms with Crippen LogP contribution in [0.3, 0.4) is 0 Å². The number of likely N-dealkylation sites (N-methyl/N-ethyl adjacent to an activating group) is 1. The van der Waals surface area contributed by atoms with Crippen LogP contribution in [0.2, 0.25) is 5.22 Å². The molecule has 1 aromatic rings. The van der Waals surface area contributed by atoms with Crippen LogP contribution >= 0.6 is 11.6 Å². The van der Waals surface area contributed by atoms with Crippen LogP contribution in [0.4, 0.5) is 0 Å². The Kier molecular flexibility index (Phi) is 4.84. The van der Waals surface area contributed by atoms with Gasteiger partial charge < -0.3 is 9.73 Å². The van der Waals surface area contributed by atoms with Gasteiger partial charge in [-0.2, -0.15) is 0 Å². The summed E-state index contributed by atoms with van der Waals surface area (Å²) in [5, 5.41) is 3.90. The molecule has 0 aliphatic carbocycles. The molecule has 0 saturated carbocycles. The molecule has 0 bridgehead atoms. The molecule has 1 rings (SSSR count). The lowest BCUT2D eigenvalue weighted by atomic mass is 10.1. The van der Waals surface area contributed by atoms with E-state index in [1.54, 1.807) is 6.07 Å². The molecule has 0 fully saturated rings. The third-order valence-electron chi connectivity index (χ3n) is 2.20. The number of hydrogen-bond donors (Lipinski definition) is 1. The maximum Gasteiger partial charge on any atom is 0.193 e. The summed E-state index contributed by atoms with van der Waals surface area (Å²) in [5.74, 6) is 0.906. The molecule has 0 atom stereocenters. The van der Waals surface area contributed by atoms with Gasteiger partial charge in [0.25, 0.3) is 0 Å². The van der Waals surface area contributed by atoms with Gasteiger partial charge in [0.05, 0.1) is 6.54 Å². The summed E-state index contributed by atoms with van der Waals surface area (Å²) in [6.45, 7) is 9.24. The van der Waals surface area contributed by atoms with E-state index in [-0.39, 0.29) is 5.54 Å². The zero-order valence-electron chi connectivity index (χ0n) is 10.5. The average molecular weight is 245 g/mol. The van der Waals surface area contributed by atoms with E-state index in [2.05, 4.69) is 38.0 Å². The number of nitrogens with one attached hydrogen (secondary N) is 1. The first-order chi connectivity index (χ1) is 7.37. The van der Waals surface area contributed by atoms with Crippen LogP contribution in [0.25, 0.3) is 0 Å². The van der Waals surface area contributed by atoms with E-state index < -0.39 is 0 Å². The van der Waals surface area contributed by atoms with Crippen LogP contribution in [0.5, 0.6) is 0 Å². The van der Waals surface area contributed by atoms with Crippen molar-refractivity contribution in [2.45, 2.75) is 32.9 Å². The fraction of sp³-hybridized carbons (Fsp3) is 0.667. The summed E-state index contributed by atoms with van der Waals surface area (Å²) < 4.78 is 5.30. The highest BCUT2D eigenvalue weighted by molar-refractivity contribution is 6.28. The van der Waals surface area contributed by atoms with Crippen molar-refractivity contribution in [2.24, 2.45) is 0 Å². The first-order valence-corrected chi connectivity index (χ1v) is 5.92. The van der Waals surface area contributed by atoms with Crippen LogP contribution in [-0.2, 0) is 6.54 Å². The Labute approximate surface area is 103 Å². The average Bonchev–Trinajstić information content (AvgIpc) is 2.48. The predicted molar refractivity (Wildman–Crippen MR) is 67.8 cm³/mol. The van der Waals surface area contributed by atoms with Gasteiger partial charge in [0, 0.05) is 18.6 Å². The molecule has 0 aromatic carbocycles. The molecule has 3 nitrogen and oxygen atoms in total. The molecule has 0 unspecified atom stereocenters. The molecule has 0 aliphatic rings. The molecule has 0 saturated heterocycles. The van der Waals surface area contributed by atoms with Crippen molar-refractivity contribution in [3.8, 4) is 0 Å². The summed E-state index contributed by atoms with van der Waals surface area (Å²) in [5.41, 5.74) is 0.175. The Balaban J connectivity index is 2.23. The quantitative estimate of drug-likeness (QED) is 0.864. The summed E-state index contributed by atoms with van der Waals surface area (Å²) in [4.78, 5) is 2.20. The highest BCUT2D eigenvalue weighted by Crippen LogP contribution is 2.14. The first-order valence-electron chi connectivity index (χ1n) is 5.54. The first kappa shape index (κ1) is 13.6. The highest BCUT2D eigenvalue weighted by atomic mass is 35.5. The second kappa shape index (κ2) is 5.71. The Morgan fingerprint density at radius 3 is 2.56 bits per heavy atom. The SMILES string of the molecule is CN(CCNC(C)(C)C)Cc1ccc(Cl)o1. The normalized spacial score (nSPS) is 12.4. The smallest absolute Gasteiger partial charge is 0.193 e. The number of halogens is 1. The Morgan fingerprint density at radius 2 is 2.06 bits per heavy atom. The van der Waals surface area contributed by atoms with Gasteiger partial charge in [0.2, 0.25) is 0 Å². The third-order valence-corrected chi connectivity index (χ3v) is 2.41. The lowest BCUT2D eigenvalue weighted by Gasteiger charge is -2.23. The van der Waals surface area contributed by atoms with Crippen molar-refractivity contribution in [3.63, 3.8) is 0 Å². The number of furan rings is 1. The van der Waals surface area contributed by atoms with Gasteiger partial charge in [-0.25, -0.2) is 0 Å². The maximum absolute atomic E-state index is 5.71. The fourth-order valence-corrected chi connectivity index (χ4v) is 1.57. The molecule has 16 heavy (non-hydrogen) atoms. The standard InChI is InChI=1S/C12H21ClN2O/c1-12(2,3)14-7-8-15(4)9-10-5-6-11(13)16-10/h5-6,14H,7-9H2,1-4H3. The Bertz CT molecular complexity index is 317. The second-order valence-electron chi connectivity index (χ2n) is 5.12. The minimum atomic E-state index is 0.175. The summed E-state index contributed by atoms with van der Waals surface area (Å²) in [7, 11) is 2.07. The molecule has 1 aromatic heterocycles. The van der Waals surface area contributed by atoms with Gasteiger partial charge in [-0.05, 0) is 51.6 Å². The van der Waals surface area contributed by atoms with E-state index in [0.29, 0.717) is 5.22 Å². The van der Waals surface area contributed by atoms with Crippen molar-refractivity contribution in [3.05, 3.63) is 23.1 Å². The molecule has 0 aliphatic heterocycles. The van der Waals surface area contributed by atoms with Gasteiger partial charge in [0.1, 0.15) is 5.76 Å². The highest BCUT2D eigenvalue weighted by Gasteiger charge is 2.09. The molecule has 1 N–H and O–H groups in total. The van der Waals surface area contributed by atoms with E-state index in [1.807, 2.05) is 6.07 Å². The van der Waals surface area contributed by atoms with Gasteiger partial charge in [-0.3, -0.25) is 4.90 Å². The maximum atomic E-state index is 5.71. The predicted octanol–water partition coefficient (Wildman–Crippen LogP) is 2.75. The lowest BCUT2D eigenvalue weighted by Crippen LogP contribution is -2.40. The van der Waals surface area contributed by atoms with Crippen LogP contribution in [0, 0.1) is 0 Å². The van der Waals surface area contributed by atoms with E-state index in [0.717, 1.165) is 25.4 Å². The fourth-order valence-electron chi connectivity index (χ4n) is 1.40. The van der Waals surface area contributed by atoms with Crippen molar-refractivity contribution in [1.82, 2.24) is 10.2 Å². The molecule has 92 valence electrons. The molecule has 4 heteroatoms. The zero-order valence-corrected chi connectivity index (χ0v) is 11.3. The van der Waals surface area contributed by atoms with Gasteiger partial charge in [0.15, 0.2) is 5.22 Å². The zero-order chi connectivity index (χ0) is 12.2. The van der Waals surface area contributed by atoms with Crippen LogP contribution in [0.1, 0.15) is 26.5 Å². The number of hydrogen-bond acceptors (Lipinski definition) is 3. The van der Waals surface area contributed by atoms with Crippen LogP contribution < -0.4 is 5.32 Å². The van der Waals surface area contributed by atoms with Gasteiger partial charge in [-0.15, -0.1) is 0 Å². The molecular weight excluding hydrogens is 224 g/mol. The van der Waals surface area contributed by atoms with Gasteiger partial charge in [-0.1, -0.05) is 0 Å². The molecule has 1 heterocycles. The molecular formula is C12H21ClN2O. The minimum absolute atomic E-state index is 0.175. The number of nitrogens with zero attached hydrogens (tertiary/aromatic N) is 1. The lowest BCUT2D eigenvalue weighted by molar-refractivity contribution is 0.280. The van der Waals surface area contributed by atoms with E-state index in [9.17, 15) is 0 Å². The topological polar surface area (TPSA) is 28.4 Å². The van der Waals surface area contributed by atoms with E-state index >= 15 is 0 Å².